The molecule has 1 aromatic heterocycles. The van der Waals surface area contributed by atoms with E-state index in [2.05, 4.69) is 4.98 Å². The molecule has 0 aliphatic rings. The van der Waals surface area contributed by atoms with Crippen LogP contribution in [0.2, 0.25) is 0 Å². The van der Waals surface area contributed by atoms with Crippen LogP contribution in [0, 0.1) is 17.1 Å². The van der Waals surface area contributed by atoms with Crippen LogP contribution in [0.25, 0.3) is 17.0 Å². The van der Waals surface area contributed by atoms with Crippen LogP contribution in [-0.2, 0) is 0 Å². The molecule has 0 atom stereocenters. The van der Waals surface area contributed by atoms with Crippen LogP contribution in [0.15, 0.2) is 54.2 Å². The number of nitrogens with zero attached hydrogens (tertiary/aromatic N) is 1. The zero-order valence-electron chi connectivity index (χ0n) is 12.8. The molecule has 0 spiro atoms. The number of halogens is 1. The van der Waals surface area contributed by atoms with E-state index < -0.39 is 11.6 Å². The van der Waals surface area contributed by atoms with Crippen molar-refractivity contribution < 1.29 is 13.9 Å². The van der Waals surface area contributed by atoms with Crippen LogP contribution in [-0.4, -0.2) is 17.9 Å². The van der Waals surface area contributed by atoms with E-state index in [0.29, 0.717) is 27.8 Å². The maximum atomic E-state index is 13.2. The van der Waals surface area contributed by atoms with Crippen molar-refractivity contribution in [2.24, 2.45) is 0 Å². The number of hydrogen-bond acceptors (Lipinski definition) is 3. The molecular formula is C19H13FN2O2. The Morgan fingerprint density at radius 3 is 2.67 bits per heavy atom. The van der Waals surface area contributed by atoms with Crippen LogP contribution >= 0.6 is 0 Å². The molecule has 0 amide bonds. The molecule has 0 fully saturated rings. The average Bonchev–Trinajstić information content (AvgIpc) is 3.02. The number of benzene rings is 2. The topological polar surface area (TPSA) is 65.9 Å². The monoisotopic (exact) mass is 320 g/mol. The number of ketones is 1. The van der Waals surface area contributed by atoms with E-state index >= 15 is 0 Å². The Balaban J connectivity index is 1.98. The molecule has 0 saturated heterocycles. The van der Waals surface area contributed by atoms with Crippen molar-refractivity contribution in [3.05, 3.63) is 71.2 Å². The second kappa shape index (κ2) is 6.39. The first kappa shape index (κ1) is 15.5. The molecule has 0 aliphatic carbocycles. The molecule has 1 heterocycles. The number of rotatable bonds is 4. The van der Waals surface area contributed by atoms with E-state index in [1.807, 2.05) is 6.07 Å². The number of nitriles is 1. The number of Topliss-reactive ketones (excluding diaryl/α,β-unsaturated/α-hetero) is 1. The molecule has 1 N–H and O–H groups in total. The maximum absolute atomic E-state index is 13.2. The molecule has 118 valence electrons. The Morgan fingerprint density at radius 2 is 2.00 bits per heavy atom. The lowest BCUT2D eigenvalue weighted by atomic mass is 10.0. The number of hydrogen-bond donors (Lipinski definition) is 1. The van der Waals surface area contributed by atoms with Gasteiger partial charge in [0.05, 0.1) is 7.11 Å². The molecule has 0 radical (unpaired) electrons. The van der Waals surface area contributed by atoms with Gasteiger partial charge in [-0.25, -0.2) is 4.39 Å². The highest BCUT2D eigenvalue weighted by Gasteiger charge is 2.17. The molecule has 3 rings (SSSR count). The van der Waals surface area contributed by atoms with E-state index in [1.54, 1.807) is 31.4 Å². The summed E-state index contributed by atoms with van der Waals surface area (Å²) in [6, 6.07) is 13.1. The van der Waals surface area contributed by atoms with Crippen molar-refractivity contribution in [1.82, 2.24) is 4.98 Å². The summed E-state index contributed by atoms with van der Waals surface area (Å²) >= 11 is 0. The van der Waals surface area contributed by atoms with Gasteiger partial charge >= 0.3 is 0 Å². The molecule has 0 unspecified atom stereocenters. The van der Waals surface area contributed by atoms with Crippen molar-refractivity contribution in [3.63, 3.8) is 0 Å². The summed E-state index contributed by atoms with van der Waals surface area (Å²) < 4.78 is 18.3. The fraction of sp³-hybridized carbons (Fsp3) is 0.0526. The minimum atomic E-state index is -0.411. The average molecular weight is 320 g/mol. The zero-order chi connectivity index (χ0) is 17.1. The Labute approximate surface area is 137 Å². The van der Waals surface area contributed by atoms with Gasteiger partial charge in [0.1, 0.15) is 23.2 Å². The minimum absolute atomic E-state index is 0.00499. The lowest BCUT2D eigenvalue weighted by molar-refractivity contribution is 0.104. The highest BCUT2D eigenvalue weighted by atomic mass is 19.1. The highest BCUT2D eigenvalue weighted by Crippen LogP contribution is 2.23. The first-order valence-corrected chi connectivity index (χ1v) is 7.19. The second-order valence-electron chi connectivity index (χ2n) is 5.16. The van der Waals surface area contributed by atoms with Gasteiger partial charge in [0.15, 0.2) is 0 Å². The lowest BCUT2D eigenvalue weighted by Gasteiger charge is -2.01. The Bertz CT molecular complexity index is 979. The number of methoxy groups -OCH3 is 1. The first-order chi connectivity index (χ1) is 11.6. The Hall–Kier alpha value is -3.39. The van der Waals surface area contributed by atoms with E-state index in [-0.39, 0.29) is 5.57 Å². The summed E-state index contributed by atoms with van der Waals surface area (Å²) in [6.45, 7) is 0. The van der Waals surface area contributed by atoms with Crippen molar-refractivity contribution in [2.75, 3.05) is 7.11 Å². The number of ether oxygens (including phenoxy) is 1. The summed E-state index contributed by atoms with van der Waals surface area (Å²) in [6.07, 6.45) is 3.01. The normalized spacial score (nSPS) is 11.3. The van der Waals surface area contributed by atoms with Gasteiger partial charge in [-0.1, -0.05) is 12.1 Å². The van der Waals surface area contributed by atoms with Crippen LogP contribution < -0.4 is 4.74 Å². The molecule has 3 aromatic rings. The van der Waals surface area contributed by atoms with E-state index in [0.717, 1.165) is 0 Å². The van der Waals surface area contributed by atoms with Gasteiger partial charge in [-0.15, -0.1) is 0 Å². The van der Waals surface area contributed by atoms with Crippen LogP contribution in [0.4, 0.5) is 4.39 Å². The third kappa shape index (κ3) is 2.90. The molecule has 0 bridgehead atoms. The van der Waals surface area contributed by atoms with E-state index in [4.69, 9.17) is 4.74 Å². The molecular weight excluding hydrogens is 307 g/mol. The third-order valence-corrected chi connectivity index (χ3v) is 3.68. The molecule has 4 nitrogen and oxygen atoms in total. The first-order valence-electron chi connectivity index (χ1n) is 7.19. The SMILES string of the molecule is COc1ccc(C=C(C#N)C(=O)c2c[nH]c3cc(F)ccc23)cc1. The number of aromatic amines is 1. The molecule has 24 heavy (non-hydrogen) atoms. The van der Waals surface area contributed by atoms with Crippen molar-refractivity contribution in [3.8, 4) is 11.8 Å². The zero-order valence-corrected chi connectivity index (χ0v) is 12.8. The molecule has 5 heteroatoms. The Morgan fingerprint density at radius 1 is 1.25 bits per heavy atom. The molecule has 0 saturated carbocycles. The quantitative estimate of drug-likeness (QED) is 0.447. The highest BCUT2D eigenvalue weighted by molar-refractivity contribution is 6.19. The fourth-order valence-electron chi connectivity index (χ4n) is 2.45. The van der Waals surface area contributed by atoms with Crippen LogP contribution in [0.1, 0.15) is 15.9 Å². The van der Waals surface area contributed by atoms with Gasteiger partial charge in [0.25, 0.3) is 0 Å². The largest absolute Gasteiger partial charge is 0.497 e. The van der Waals surface area contributed by atoms with E-state index in [9.17, 15) is 14.4 Å². The van der Waals surface area contributed by atoms with Crippen molar-refractivity contribution >= 4 is 22.8 Å². The number of H-pyrrole nitrogens is 1. The van der Waals surface area contributed by atoms with Crippen LogP contribution in [0.5, 0.6) is 5.75 Å². The van der Waals surface area contributed by atoms with Gasteiger partial charge in [-0.05, 0) is 42.0 Å². The van der Waals surface area contributed by atoms with Gasteiger partial charge in [0, 0.05) is 22.7 Å². The number of allylic oxidation sites excluding steroid dienone is 1. The van der Waals surface area contributed by atoms with Gasteiger partial charge < -0.3 is 9.72 Å². The minimum Gasteiger partial charge on any atom is -0.497 e. The molecule has 0 aliphatic heterocycles. The second-order valence-corrected chi connectivity index (χ2v) is 5.16. The number of carbonyl (C=O) groups excluding carboxylic acids is 1. The number of fused-ring (bicyclic) bond motifs is 1. The Kier molecular flexibility index (Phi) is 4.13. The van der Waals surface area contributed by atoms with E-state index in [1.165, 1.54) is 30.5 Å². The summed E-state index contributed by atoms with van der Waals surface area (Å²) in [5.41, 5.74) is 1.57. The van der Waals surface area contributed by atoms with Crippen LogP contribution in [0.3, 0.4) is 0 Å². The number of carbonyl (C=O) groups is 1. The predicted molar refractivity (Wildman–Crippen MR) is 89.2 cm³/mol. The predicted octanol–water partition coefficient (Wildman–Crippen LogP) is 4.11. The number of aromatic nitrogens is 1. The van der Waals surface area contributed by atoms with Crippen molar-refractivity contribution in [1.29, 1.82) is 5.26 Å². The summed E-state index contributed by atoms with van der Waals surface area (Å²) in [4.78, 5) is 15.5. The van der Waals surface area contributed by atoms with Crippen molar-refractivity contribution in [2.45, 2.75) is 0 Å². The smallest absolute Gasteiger partial charge is 0.205 e. The number of nitrogens with one attached hydrogen (secondary N) is 1. The van der Waals surface area contributed by atoms with Gasteiger partial charge in [0.2, 0.25) is 5.78 Å². The summed E-state index contributed by atoms with van der Waals surface area (Å²) in [5, 5.41) is 9.92. The third-order valence-electron chi connectivity index (χ3n) is 3.68. The van der Waals surface area contributed by atoms with Gasteiger partial charge in [-0.2, -0.15) is 5.26 Å². The lowest BCUT2D eigenvalue weighted by Crippen LogP contribution is -2.01. The fourth-order valence-corrected chi connectivity index (χ4v) is 2.45. The summed E-state index contributed by atoms with van der Waals surface area (Å²) in [7, 11) is 1.56. The summed E-state index contributed by atoms with van der Waals surface area (Å²) in [5.74, 6) is -0.112. The maximum Gasteiger partial charge on any atom is 0.205 e. The standard InChI is InChI=1S/C19H13FN2O2/c1-24-15-5-2-12(3-6-15)8-13(10-21)19(23)17-11-22-18-9-14(20)4-7-16(17)18/h2-9,11,22H,1H3. The van der Waals surface area contributed by atoms with Gasteiger partial charge in [-0.3, -0.25) is 4.79 Å². The molecule has 2 aromatic carbocycles.